The Labute approximate surface area is 185 Å². The van der Waals surface area contributed by atoms with Crippen molar-refractivity contribution in [1.29, 1.82) is 0 Å². The van der Waals surface area contributed by atoms with Crippen LogP contribution in [0.5, 0.6) is 0 Å². The fourth-order valence-electron chi connectivity index (χ4n) is 4.87. The topological polar surface area (TPSA) is 66.8 Å². The maximum atomic E-state index is 4.60. The van der Waals surface area contributed by atoms with Crippen molar-refractivity contribution in [2.45, 2.75) is 45.1 Å². The van der Waals surface area contributed by atoms with Crippen LogP contribution in [0.15, 0.2) is 42.9 Å². The molecule has 2 atom stereocenters. The van der Waals surface area contributed by atoms with E-state index < -0.39 is 0 Å². The molecule has 6 nitrogen and oxygen atoms in total. The van der Waals surface area contributed by atoms with Gasteiger partial charge in [0.15, 0.2) is 0 Å². The van der Waals surface area contributed by atoms with Gasteiger partial charge in [0.05, 0.1) is 5.39 Å². The highest BCUT2D eigenvalue weighted by atomic mass is 15.1. The van der Waals surface area contributed by atoms with E-state index in [1.165, 1.54) is 36.8 Å². The molecule has 1 aromatic carbocycles. The molecule has 0 amide bonds. The van der Waals surface area contributed by atoms with Crippen molar-refractivity contribution in [2.24, 2.45) is 5.92 Å². The van der Waals surface area contributed by atoms with Crippen molar-refractivity contribution in [1.82, 2.24) is 25.2 Å². The second-order valence-electron chi connectivity index (χ2n) is 8.77. The molecule has 31 heavy (non-hydrogen) atoms. The monoisotopic (exact) mass is 420 g/mol. The molecule has 1 aliphatic rings. The summed E-state index contributed by atoms with van der Waals surface area (Å²) in [6.45, 7) is 6.50. The van der Waals surface area contributed by atoms with Gasteiger partial charge in [-0.2, -0.15) is 0 Å². The summed E-state index contributed by atoms with van der Waals surface area (Å²) < 4.78 is 2.39. The smallest absolute Gasteiger partial charge is 0.145 e. The summed E-state index contributed by atoms with van der Waals surface area (Å²) in [5.41, 5.74) is 3.72. The van der Waals surface area contributed by atoms with Gasteiger partial charge in [-0.1, -0.05) is 30.3 Å². The number of hydrogen-bond acceptors (Lipinski definition) is 5. The Morgan fingerprint density at radius 1 is 1.03 bits per heavy atom. The standard InChI is InChI=1S/C25H36N6/c1-19-17-31(25-23(19)24(26-2)29-18-30-25)22-10-9-21(15-22)16-28-13-6-12-27-14-11-20-7-4-3-5-8-20/h3-5,7-8,17-18,21-22,27-28H,6,9-16H2,1-2H3,(H,26,29,30). The van der Waals surface area contributed by atoms with Crippen molar-refractivity contribution >= 4 is 16.9 Å². The number of benzene rings is 1. The highest BCUT2D eigenvalue weighted by molar-refractivity contribution is 5.90. The lowest BCUT2D eigenvalue weighted by molar-refractivity contribution is 0.452. The van der Waals surface area contributed by atoms with Crippen LogP contribution in [0.2, 0.25) is 0 Å². The molecule has 1 fully saturated rings. The Balaban J connectivity index is 1.16. The van der Waals surface area contributed by atoms with Gasteiger partial charge in [-0.3, -0.25) is 0 Å². The van der Waals surface area contributed by atoms with E-state index in [1.807, 2.05) is 7.05 Å². The summed E-state index contributed by atoms with van der Waals surface area (Å²) in [7, 11) is 1.93. The van der Waals surface area contributed by atoms with E-state index >= 15 is 0 Å². The lowest BCUT2D eigenvalue weighted by Crippen LogP contribution is -2.26. The lowest BCUT2D eigenvalue weighted by Gasteiger charge is -2.15. The molecule has 0 spiro atoms. The molecule has 6 heteroatoms. The van der Waals surface area contributed by atoms with E-state index in [-0.39, 0.29) is 0 Å². The molecule has 2 aromatic heterocycles. The first-order chi connectivity index (χ1) is 15.3. The molecule has 0 radical (unpaired) electrons. The minimum atomic E-state index is 0.544. The number of aryl methyl sites for hydroxylation is 1. The van der Waals surface area contributed by atoms with Gasteiger partial charge in [0.2, 0.25) is 0 Å². The van der Waals surface area contributed by atoms with E-state index in [9.17, 15) is 0 Å². The van der Waals surface area contributed by atoms with Crippen LogP contribution in [0.1, 0.15) is 42.9 Å². The third-order valence-corrected chi connectivity index (χ3v) is 6.52. The Kier molecular flexibility index (Phi) is 7.54. The number of rotatable bonds is 11. The largest absolute Gasteiger partial charge is 0.372 e. The molecular formula is C25H36N6. The molecule has 3 aromatic rings. The maximum absolute atomic E-state index is 4.60. The van der Waals surface area contributed by atoms with E-state index in [0.717, 1.165) is 55.4 Å². The highest BCUT2D eigenvalue weighted by Crippen LogP contribution is 2.37. The molecule has 0 saturated heterocycles. The summed E-state index contributed by atoms with van der Waals surface area (Å²) >= 11 is 0. The van der Waals surface area contributed by atoms with Crippen LogP contribution in [0.25, 0.3) is 11.0 Å². The van der Waals surface area contributed by atoms with Crippen LogP contribution in [-0.4, -0.2) is 47.8 Å². The average Bonchev–Trinajstić information content (AvgIpc) is 3.40. The van der Waals surface area contributed by atoms with Crippen molar-refractivity contribution in [3.8, 4) is 0 Å². The van der Waals surface area contributed by atoms with Crippen molar-refractivity contribution in [3.05, 3.63) is 54.0 Å². The summed E-state index contributed by atoms with van der Waals surface area (Å²) in [6, 6.07) is 11.2. The van der Waals surface area contributed by atoms with Crippen LogP contribution in [0.3, 0.4) is 0 Å². The Morgan fingerprint density at radius 3 is 2.71 bits per heavy atom. The van der Waals surface area contributed by atoms with Crippen LogP contribution in [-0.2, 0) is 6.42 Å². The predicted octanol–water partition coefficient (Wildman–Crippen LogP) is 3.93. The third-order valence-electron chi connectivity index (χ3n) is 6.52. The van der Waals surface area contributed by atoms with Gasteiger partial charge in [-0.15, -0.1) is 0 Å². The molecular weight excluding hydrogens is 384 g/mol. The molecule has 0 aliphatic heterocycles. The van der Waals surface area contributed by atoms with Crippen LogP contribution >= 0.6 is 0 Å². The molecule has 0 bridgehead atoms. The number of hydrogen-bond donors (Lipinski definition) is 3. The number of aromatic nitrogens is 3. The first-order valence-corrected chi connectivity index (χ1v) is 11.7. The summed E-state index contributed by atoms with van der Waals surface area (Å²) in [5, 5.41) is 11.6. The normalized spacial score (nSPS) is 18.6. The summed E-state index contributed by atoms with van der Waals surface area (Å²) in [6.07, 6.45) is 9.96. The summed E-state index contributed by atoms with van der Waals surface area (Å²) in [5.74, 6) is 1.68. The molecule has 3 N–H and O–H groups in total. The minimum absolute atomic E-state index is 0.544. The fourth-order valence-corrected chi connectivity index (χ4v) is 4.87. The van der Waals surface area contributed by atoms with Crippen LogP contribution in [0.4, 0.5) is 5.82 Å². The molecule has 2 unspecified atom stereocenters. The van der Waals surface area contributed by atoms with Crippen LogP contribution in [0, 0.1) is 12.8 Å². The zero-order chi connectivity index (χ0) is 21.5. The molecule has 1 aliphatic carbocycles. The second kappa shape index (κ2) is 10.7. The average molecular weight is 421 g/mol. The van der Waals surface area contributed by atoms with Crippen molar-refractivity contribution in [3.63, 3.8) is 0 Å². The van der Waals surface area contributed by atoms with E-state index in [4.69, 9.17) is 0 Å². The van der Waals surface area contributed by atoms with Gasteiger partial charge in [0, 0.05) is 19.3 Å². The number of nitrogens with one attached hydrogen (secondary N) is 3. The Morgan fingerprint density at radius 2 is 1.87 bits per heavy atom. The van der Waals surface area contributed by atoms with Crippen molar-refractivity contribution in [2.75, 3.05) is 38.5 Å². The number of fused-ring (bicyclic) bond motifs is 1. The maximum Gasteiger partial charge on any atom is 0.145 e. The Hall–Kier alpha value is -2.44. The van der Waals surface area contributed by atoms with Gasteiger partial charge in [0.1, 0.15) is 17.8 Å². The van der Waals surface area contributed by atoms with Gasteiger partial charge >= 0.3 is 0 Å². The molecule has 1 saturated carbocycles. The number of nitrogens with zero attached hydrogens (tertiary/aromatic N) is 3. The van der Waals surface area contributed by atoms with E-state index in [2.05, 4.69) is 73.9 Å². The zero-order valence-corrected chi connectivity index (χ0v) is 18.9. The lowest BCUT2D eigenvalue weighted by atomic mass is 10.1. The highest BCUT2D eigenvalue weighted by Gasteiger charge is 2.27. The van der Waals surface area contributed by atoms with Gasteiger partial charge in [-0.05, 0) is 82.3 Å². The van der Waals surface area contributed by atoms with E-state index in [0.29, 0.717) is 6.04 Å². The van der Waals surface area contributed by atoms with Gasteiger partial charge < -0.3 is 20.5 Å². The molecule has 2 heterocycles. The zero-order valence-electron chi connectivity index (χ0n) is 18.9. The Bertz CT molecular complexity index is 951. The SMILES string of the molecule is CNc1ncnc2c1c(C)cn2C1CCC(CNCCCNCCc2ccccc2)C1. The molecule has 4 rings (SSSR count). The quantitative estimate of drug-likeness (QED) is 0.410. The third kappa shape index (κ3) is 5.43. The summed E-state index contributed by atoms with van der Waals surface area (Å²) in [4.78, 5) is 8.98. The first-order valence-electron chi connectivity index (χ1n) is 11.7. The van der Waals surface area contributed by atoms with Crippen LogP contribution < -0.4 is 16.0 Å². The minimum Gasteiger partial charge on any atom is -0.372 e. The first kappa shape index (κ1) is 21.8. The van der Waals surface area contributed by atoms with Gasteiger partial charge in [-0.25, -0.2) is 9.97 Å². The number of anilines is 1. The predicted molar refractivity (Wildman–Crippen MR) is 129 cm³/mol. The van der Waals surface area contributed by atoms with Crippen molar-refractivity contribution < 1.29 is 0 Å². The molecule has 166 valence electrons. The van der Waals surface area contributed by atoms with Gasteiger partial charge in [0.25, 0.3) is 0 Å². The van der Waals surface area contributed by atoms with E-state index in [1.54, 1.807) is 6.33 Å². The second-order valence-corrected chi connectivity index (χ2v) is 8.77. The fraction of sp³-hybridized carbons (Fsp3) is 0.520.